The molecule has 0 saturated carbocycles. The Morgan fingerprint density at radius 1 is 1.53 bits per heavy atom. The van der Waals surface area contributed by atoms with Gasteiger partial charge in [-0.15, -0.1) is 0 Å². The monoisotopic (exact) mass is 244 g/mol. The Morgan fingerprint density at radius 2 is 2.12 bits per heavy atom. The van der Waals surface area contributed by atoms with Gasteiger partial charge in [-0.25, -0.2) is 0 Å². The van der Waals surface area contributed by atoms with Crippen molar-refractivity contribution in [2.45, 2.75) is 31.7 Å². The Kier molecular flexibility index (Phi) is 5.36. The zero-order valence-electron chi connectivity index (χ0n) is 10.8. The van der Waals surface area contributed by atoms with Gasteiger partial charge in [-0.1, -0.05) is 0 Å². The number of nitrogens with two attached hydrogens (primary N) is 1. The van der Waals surface area contributed by atoms with Crippen molar-refractivity contribution >= 4 is 5.97 Å². The summed E-state index contributed by atoms with van der Waals surface area (Å²) in [6.07, 6.45) is 2.67. The van der Waals surface area contributed by atoms with Crippen LogP contribution in [0.2, 0.25) is 0 Å². The molecular formula is C12H24N2O3. The summed E-state index contributed by atoms with van der Waals surface area (Å²) in [5.74, 6) is -0.264. The molecule has 3 N–H and O–H groups in total. The van der Waals surface area contributed by atoms with Gasteiger partial charge in [0.05, 0.1) is 0 Å². The zero-order valence-corrected chi connectivity index (χ0v) is 10.8. The Balaban J connectivity index is 2.24. The van der Waals surface area contributed by atoms with Crippen LogP contribution in [0.1, 0.15) is 26.2 Å². The molecule has 17 heavy (non-hydrogen) atoms. The first-order chi connectivity index (χ1) is 7.92. The number of hydrogen-bond acceptors (Lipinski definition) is 4. The molecule has 1 saturated heterocycles. The van der Waals surface area contributed by atoms with Gasteiger partial charge in [-0.3, -0.25) is 4.79 Å². The second-order valence-electron chi connectivity index (χ2n) is 5.29. The molecule has 100 valence electrons. The Hall–Kier alpha value is -0.650. The predicted molar refractivity (Wildman–Crippen MR) is 65.9 cm³/mol. The van der Waals surface area contributed by atoms with Crippen molar-refractivity contribution in [2.24, 2.45) is 11.7 Å². The molecular weight excluding hydrogens is 220 g/mol. The number of rotatable bonds is 6. The van der Waals surface area contributed by atoms with E-state index in [2.05, 4.69) is 4.90 Å². The molecule has 0 bridgehead atoms. The van der Waals surface area contributed by atoms with E-state index in [1.165, 1.54) is 0 Å². The molecule has 5 nitrogen and oxygen atoms in total. The molecule has 0 aromatic rings. The maximum Gasteiger partial charge on any atom is 0.323 e. The molecule has 1 unspecified atom stereocenters. The lowest BCUT2D eigenvalue weighted by molar-refractivity contribution is -0.143. The number of nitrogens with zero attached hydrogens (tertiary/aromatic N) is 1. The quantitative estimate of drug-likeness (QED) is 0.713. The van der Waals surface area contributed by atoms with Crippen LogP contribution in [0.15, 0.2) is 0 Å². The van der Waals surface area contributed by atoms with E-state index in [0.29, 0.717) is 12.3 Å². The van der Waals surface area contributed by atoms with Crippen molar-refractivity contribution in [3.8, 4) is 0 Å². The Morgan fingerprint density at radius 3 is 2.65 bits per heavy atom. The van der Waals surface area contributed by atoms with Gasteiger partial charge in [0.25, 0.3) is 0 Å². The minimum atomic E-state index is -1.12. The topological polar surface area (TPSA) is 75.8 Å². The van der Waals surface area contributed by atoms with E-state index in [1.54, 1.807) is 6.92 Å². The third-order valence-electron chi connectivity index (χ3n) is 3.41. The van der Waals surface area contributed by atoms with Gasteiger partial charge in [0.2, 0.25) is 0 Å². The molecule has 1 aliphatic heterocycles. The lowest BCUT2D eigenvalue weighted by Gasteiger charge is -2.29. The lowest BCUT2D eigenvalue weighted by atomic mass is 9.97. The van der Waals surface area contributed by atoms with Crippen molar-refractivity contribution in [2.75, 3.05) is 33.4 Å². The summed E-state index contributed by atoms with van der Waals surface area (Å²) in [7, 11) is 2.02. The Labute approximate surface area is 103 Å². The average Bonchev–Trinajstić information content (AvgIpc) is 2.28. The average molecular weight is 244 g/mol. The third kappa shape index (κ3) is 5.02. The number of carbonyl (C=O) groups is 1. The van der Waals surface area contributed by atoms with Crippen LogP contribution in [0.4, 0.5) is 0 Å². The highest BCUT2D eigenvalue weighted by Crippen LogP contribution is 2.16. The highest BCUT2D eigenvalue weighted by atomic mass is 16.5. The van der Waals surface area contributed by atoms with E-state index in [-0.39, 0.29) is 0 Å². The summed E-state index contributed by atoms with van der Waals surface area (Å²) < 4.78 is 5.31. The molecule has 1 atom stereocenters. The van der Waals surface area contributed by atoms with E-state index < -0.39 is 11.5 Å². The second kappa shape index (κ2) is 6.33. The van der Waals surface area contributed by atoms with Gasteiger partial charge in [0.1, 0.15) is 5.54 Å². The fraction of sp³-hybridized carbons (Fsp3) is 0.917. The number of aliphatic carboxylic acids is 1. The number of carboxylic acid groups (broad SMARTS) is 1. The molecule has 1 fully saturated rings. The molecule has 0 spiro atoms. The van der Waals surface area contributed by atoms with E-state index in [9.17, 15) is 4.79 Å². The summed E-state index contributed by atoms with van der Waals surface area (Å²) in [5, 5.41) is 8.92. The van der Waals surface area contributed by atoms with Crippen molar-refractivity contribution in [3.05, 3.63) is 0 Å². The minimum Gasteiger partial charge on any atom is -0.480 e. The first-order valence-corrected chi connectivity index (χ1v) is 6.20. The summed E-state index contributed by atoms with van der Waals surface area (Å²) in [6.45, 7) is 4.98. The predicted octanol–water partition coefficient (Wildman–Crippen LogP) is 0.537. The van der Waals surface area contributed by atoms with Crippen LogP contribution in [0, 0.1) is 5.92 Å². The smallest absolute Gasteiger partial charge is 0.323 e. The number of hydrogen-bond donors (Lipinski definition) is 2. The zero-order chi connectivity index (χ0) is 12.9. The molecule has 0 amide bonds. The van der Waals surface area contributed by atoms with Gasteiger partial charge in [-0.2, -0.15) is 0 Å². The SMILES string of the molecule is CN(CCC(C)(N)C(=O)O)CC1CCOCC1. The molecule has 1 rings (SSSR count). The normalized spacial score (nSPS) is 21.4. The minimum absolute atomic E-state index is 0.474. The fourth-order valence-electron chi connectivity index (χ4n) is 1.99. The van der Waals surface area contributed by atoms with Gasteiger partial charge < -0.3 is 20.5 Å². The van der Waals surface area contributed by atoms with Gasteiger partial charge in [0, 0.05) is 26.3 Å². The first kappa shape index (κ1) is 14.4. The molecule has 0 radical (unpaired) electrons. The largest absolute Gasteiger partial charge is 0.480 e. The van der Waals surface area contributed by atoms with Crippen LogP contribution in [-0.4, -0.2) is 54.9 Å². The summed E-state index contributed by atoms with van der Waals surface area (Å²) >= 11 is 0. The molecule has 1 heterocycles. The van der Waals surface area contributed by atoms with Crippen molar-refractivity contribution in [3.63, 3.8) is 0 Å². The molecule has 0 aromatic heterocycles. The summed E-state index contributed by atoms with van der Waals surface area (Å²) in [4.78, 5) is 13.0. The fourth-order valence-corrected chi connectivity index (χ4v) is 1.99. The molecule has 1 aliphatic rings. The maximum atomic E-state index is 10.9. The number of ether oxygens (including phenoxy) is 1. The molecule has 0 aliphatic carbocycles. The number of carboxylic acids is 1. The van der Waals surface area contributed by atoms with E-state index in [1.807, 2.05) is 7.05 Å². The Bertz CT molecular complexity index is 250. The first-order valence-electron chi connectivity index (χ1n) is 6.20. The van der Waals surface area contributed by atoms with Crippen LogP contribution < -0.4 is 5.73 Å². The van der Waals surface area contributed by atoms with Crippen molar-refractivity contribution < 1.29 is 14.6 Å². The van der Waals surface area contributed by atoms with Gasteiger partial charge in [-0.05, 0) is 39.2 Å². The van der Waals surface area contributed by atoms with E-state index in [4.69, 9.17) is 15.6 Å². The lowest BCUT2D eigenvalue weighted by Crippen LogP contribution is -2.47. The molecule has 0 aromatic carbocycles. The van der Waals surface area contributed by atoms with Crippen LogP contribution in [0.25, 0.3) is 0 Å². The molecule has 5 heteroatoms. The van der Waals surface area contributed by atoms with Crippen LogP contribution in [-0.2, 0) is 9.53 Å². The summed E-state index contributed by atoms with van der Waals surface area (Å²) in [6, 6.07) is 0. The second-order valence-corrected chi connectivity index (χ2v) is 5.29. The summed E-state index contributed by atoms with van der Waals surface area (Å²) in [5.41, 5.74) is 4.57. The maximum absolute atomic E-state index is 10.9. The third-order valence-corrected chi connectivity index (χ3v) is 3.41. The van der Waals surface area contributed by atoms with Crippen molar-refractivity contribution in [1.82, 2.24) is 4.90 Å². The van der Waals surface area contributed by atoms with Crippen molar-refractivity contribution in [1.29, 1.82) is 0 Å². The highest BCUT2D eigenvalue weighted by molar-refractivity contribution is 5.77. The highest BCUT2D eigenvalue weighted by Gasteiger charge is 2.28. The van der Waals surface area contributed by atoms with Crippen LogP contribution >= 0.6 is 0 Å². The van der Waals surface area contributed by atoms with Gasteiger partial charge in [0.15, 0.2) is 0 Å². The van der Waals surface area contributed by atoms with E-state index in [0.717, 1.165) is 39.1 Å². The van der Waals surface area contributed by atoms with E-state index >= 15 is 0 Å². The standard InChI is InChI=1S/C12H24N2O3/c1-12(13,11(15)16)5-6-14(2)9-10-3-7-17-8-4-10/h10H,3-9,13H2,1-2H3,(H,15,16). The van der Waals surface area contributed by atoms with Gasteiger partial charge >= 0.3 is 5.97 Å². The van der Waals surface area contributed by atoms with Crippen LogP contribution in [0.3, 0.4) is 0 Å². The van der Waals surface area contributed by atoms with Crippen LogP contribution in [0.5, 0.6) is 0 Å².